The maximum absolute atomic E-state index is 13.4. The normalized spacial score (nSPS) is 16.3. The van der Waals surface area contributed by atoms with Gasteiger partial charge in [-0.1, -0.05) is 29.8 Å². The van der Waals surface area contributed by atoms with Crippen molar-refractivity contribution in [3.8, 4) is 11.5 Å². The number of ether oxygens (including phenoxy) is 2. The van der Waals surface area contributed by atoms with Gasteiger partial charge in [0.05, 0.1) is 29.9 Å². The molecule has 1 atom stereocenters. The second-order valence-corrected chi connectivity index (χ2v) is 11.1. The van der Waals surface area contributed by atoms with Gasteiger partial charge >= 0.3 is 0 Å². The molecule has 0 aliphatic carbocycles. The van der Waals surface area contributed by atoms with E-state index in [-0.39, 0.29) is 11.9 Å². The van der Waals surface area contributed by atoms with Crippen LogP contribution in [0.3, 0.4) is 0 Å². The Labute approximate surface area is 198 Å². The highest BCUT2D eigenvalue weighted by Crippen LogP contribution is 2.38. The van der Waals surface area contributed by atoms with E-state index >= 15 is 0 Å². The summed E-state index contributed by atoms with van der Waals surface area (Å²) in [7, 11) is 1.60. The van der Waals surface area contributed by atoms with Gasteiger partial charge in [0, 0.05) is 23.6 Å². The number of carbonyl (C=O) groups is 1. The van der Waals surface area contributed by atoms with Crippen LogP contribution >= 0.6 is 39.5 Å². The number of nitrogen functional groups attached to an aromatic ring is 1. The number of amides is 1. The Kier molecular flexibility index (Phi) is 11.6. The molecular weight excluding hydrogens is 484 g/mol. The number of halogens is 1. The monoisotopic (exact) mass is 518 g/mol. The van der Waals surface area contributed by atoms with Gasteiger partial charge in [0.2, 0.25) is 0 Å². The summed E-state index contributed by atoms with van der Waals surface area (Å²) < 4.78 is 11.8. The highest BCUT2D eigenvalue weighted by atomic mass is 79.9. The predicted octanol–water partition coefficient (Wildman–Crippen LogP) is 5.66. The molecule has 2 N–H and O–H groups in total. The Morgan fingerprint density at radius 1 is 1.23 bits per heavy atom. The van der Waals surface area contributed by atoms with Crippen LogP contribution in [0.15, 0.2) is 12.1 Å². The highest BCUT2D eigenvalue weighted by Gasteiger charge is 2.36. The fourth-order valence-electron chi connectivity index (χ4n) is 3.67. The van der Waals surface area contributed by atoms with Crippen LogP contribution in [0.1, 0.15) is 56.3 Å². The van der Waals surface area contributed by atoms with Gasteiger partial charge in [-0.25, -0.2) is 0 Å². The van der Waals surface area contributed by atoms with Crippen molar-refractivity contribution in [2.45, 2.75) is 56.6 Å². The molecule has 0 bridgehead atoms. The summed E-state index contributed by atoms with van der Waals surface area (Å²) in [6.07, 6.45) is 5.27. The van der Waals surface area contributed by atoms with Crippen molar-refractivity contribution in [2.24, 2.45) is 0 Å². The Morgan fingerprint density at radius 2 is 1.97 bits per heavy atom. The lowest BCUT2D eigenvalue weighted by Gasteiger charge is -2.31. The third kappa shape index (κ3) is 6.89. The van der Waals surface area contributed by atoms with E-state index < -0.39 is 0 Å². The first-order chi connectivity index (χ1) is 14.6. The lowest BCUT2D eigenvalue weighted by Crippen LogP contribution is -2.41. The molecule has 1 heterocycles. The number of hydrogen-bond donors (Lipinski definition) is 1. The molecule has 1 saturated heterocycles. The SMILES string of the molecule is CCSC(SCC)C1CCCN1C(=O)c1cc(OC)c(OCCCCCBr)cc1N. The van der Waals surface area contributed by atoms with Crippen molar-refractivity contribution < 1.29 is 14.3 Å². The fourth-order valence-corrected chi connectivity index (χ4v) is 6.94. The van der Waals surface area contributed by atoms with Crippen molar-refractivity contribution in [1.82, 2.24) is 4.90 Å². The summed E-state index contributed by atoms with van der Waals surface area (Å²) in [6.45, 7) is 5.74. The number of carbonyl (C=O) groups excluding carboxylic acids is 1. The van der Waals surface area contributed by atoms with Gasteiger partial charge in [-0.05, 0) is 49.7 Å². The van der Waals surface area contributed by atoms with E-state index in [1.54, 1.807) is 19.2 Å². The van der Waals surface area contributed by atoms with Crippen LogP contribution in [0.5, 0.6) is 11.5 Å². The number of benzene rings is 1. The number of hydrogen-bond acceptors (Lipinski definition) is 6. The third-order valence-corrected chi connectivity index (χ3v) is 8.47. The standard InChI is InChI=1S/C22H35BrN2O3S2/c1-4-29-22(30-5-2)18-10-9-12-25(18)21(26)16-14-19(27-3)20(15-17(16)24)28-13-8-6-7-11-23/h14-15,18,22H,4-13,24H2,1-3H3. The highest BCUT2D eigenvalue weighted by molar-refractivity contribution is 9.09. The average molecular weight is 520 g/mol. The molecule has 30 heavy (non-hydrogen) atoms. The molecule has 0 radical (unpaired) electrons. The van der Waals surface area contributed by atoms with Crippen LogP contribution < -0.4 is 15.2 Å². The lowest BCUT2D eigenvalue weighted by atomic mass is 10.1. The molecule has 1 fully saturated rings. The lowest BCUT2D eigenvalue weighted by molar-refractivity contribution is 0.0746. The van der Waals surface area contributed by atoms with Gasteiger partial charge in [-0.2, -0.15) is 0 Å². The van der Waals surface area contributed by atoms with Crippen LogP contribution in [0.25, 0.3) is 0 Å². The number of alkyl halides is 1. The van der Waals surface area contributed by atoms with E-state index in [1.807, 2.05) is 28.4 Å². The van der Waals surface area contributed by atoms with Crippen molar-refractivity contribution >= 4 is 51.0 Å². The number of nitrogens with zero attached hydrogens (tertiary/aromatic N) is 1. The molecule has 1 aromatic rings. The zero-order valence-corrected chi connectivity index (χ0v) is 21.5. The van der Waals surface area contributed by atoms with E-state index in [0.29, 0.717) is 33.9 Å². The molecule has 1 aliphatic heterocycles. The van der Waals surface area contributed by atoms with E-state index in [9.17, 15) is 4.79 Å². The minimum absolute atomic E-state index is 0.00410. The molecule has 1 amide bonds. The number of anilines is 1. The largest absolute Gasteiger partial charge is 0.493 e. The van der Waals surface area contributed by atoms with Crippen LogP contribution in [-0.4, -0.2) is 58.5 Å². The Bertz CT molecular complexity index is 672. The smallest absolute Gasteiger partial charge is 0.256 e. The second kappa shape index (κ2) is 13.6. The molecule has 1 aromatic carbocycles. The first-order valence-electron chi connectivity index (χ1n) is 10.8. The van der Waals surface area contributed by atoms with Gasteiger partial charge in [0.1, 0.15) is 0 Å². The minimum Gasteiger partial charge on any atom is -0.493 e. The average Bonchev–Trinajstić information content (AvgIpc) is 3.23. The molecule has 1 unspecified atom stereocenters. The van der Waals surface area contributed by atoms with E-state index in [1.165, 1.54) is 0 Å². The first-order valence-corrected chi connectivity index (χ1v) is 14.0. The van der Waals surface area contributed by atoms with E-state index in [2.05, 4.69) is 29.8 Å². The Balaban J connectivity index is 2.16. The van der Waals surface area contributed by atoms with Gasteiger partial charge in [-0.3, -0.25) is 4.79 Å². The van der Waals surface area contributed by atoms with Crippen molar-refractivity contribution in [1.29, 1.82) is 0 Å². The number of nitrogens with two attached hydrogens (primary N) is 1. The van der Waals surface area contributed by atoms with Crippen LogP contribution in [0, 0.1) is 0 Å². The quantitative estimate of drug-likeness (QED) is 0.157. The first kappa shape index (κ1) is 25.5. The Hall–Kier alpha value is -0.730. The van der Waals surface area contributed by atoms with Crippen molar-refractivity contribution in [2.75, 3.05) is 42.8 Å². The van der Waals surface area contributed by atoms with Gasteiger partial charge in [0.15, 0.2) is 11.5 Å². The molecule has 1 aliphatic rings. The molecular formula is C22H35BrN2O3S2. The number of unbranched alkanes of at least 4 members (excludes halogenated alkanes) is 2. The molecule has 0 spiro atoms. The number of thioether (sulfide) groups is 2. The van der Waals surface area contributed by atoms with E-state index in [4.69, 9.17) is 15.2 Å². The van der Waals surface area contributed by atoms with Crippen LogP contribution in [0.4, 0.5) is 5.69 Å². The number of methoxy groups -OCH3 is 1. The summed E-state index contributed by atoms with van der Waals surface area (Å²) in [5, 5.41) is 1.01. The summed E-state index contributed by atoms with van der Waals surface area (Å²) in [4.78, 5) is 15.4. The van der Waals surface area contributed by atoms with Crippen molar-refractivity contribution in [3.05, 3.63) is 17.7 Å². The zero-order chi connectivity index (χ0) is 21.9. The van der Waals surface area contributed by atoms with Crippen LogP contribution in [0.2, 0.25) is 0 Å². The topological polar surface area (TPSA) is 64.8 Å². The third-order valence-electron chi connectivity index (χ3n) is 5.14. The van der Waals surface area contributed by atoms with Gasteiger partial charge in [0.25, 0.3) is 5.91 Å². The van der Waals surface area contributed by atoms with Crippen LogP contribution in [-0.2, 0) is 0 Å². The maximum atomic E-state index is 13.4. The summed E-state index contributed by atoms with van der Waals surface area (Å²) >= 11 is 7.31. The molecule has 2 rings (SSSR count). The van der Waals surface area contributed by atoms with Gasteiger partial charge < -0.3 is 20.1 Å². The second-order valence-electron chi connectivity index (χ2n) is 7.18. The molecule has 8 heteroatoms. The molecule has 0 aromatic heterocycles. The number of rotatable bonds is 13. The van der Waals surface area contributed by atoms with Gasteiger partial charge in [-0.15, -0.1) is 23.5 Å². The molecule has 5 nitrogen and oxygen atoms in total. The summed E-state index contributed by atoms with van der Waals surface area (Å²) in [6, 6.07) is 3.72. The fraction of sp³-hybridized carbons (Fsp3) is 0.682. The van der Waals surface area contributed by atoms with Crippen molar-refractivity contribution in [3.63, 3.8) is 0 Å². The molecule has 0 saturated carbocycles. The number of likely N-dealkylation sites (tertiary alicyclic amines) is 1. The summed E-state index contributed by atoms with van der Waals surface area (Å²) in [5.41, 5.74) is 7.26. The molecule has 170 valence electrons. The van der Waals surface area contributed by atoms with E-state index in [0.717, 1.165) is 55.5 Å². The summed E-state index contributed by atoms with van der Waals surface area (Å²) in [5.74, 6) is 3.26. The Morgan fingerprint density at radius 3 is 2.60 bits per heavy atom. The minimum atomic E-state index is -0.00410. The maximum Gasteiger partial charge on any atom is 0.256 e. The predicted molar refractivity (Wildman–Crippen MR) is 135 cm³/mol. The zero-order valence-electron chi connectivity index (χ0n) is 18.3.